The number of rotatable bonds is 5. The van der Waals surface area contributed by atoms with Crippen LogP contribution in [-0.2, 0) is 0 Å². The molecule has 0 spiro atoms. The van der Waals surface area contributed by atoms with Crippen LogP contribution in [0.2, 0.25) is 0 Å². The number of nitrogens with zero attached hydrogens (tertiary/aromatic N) is 1. The summed E-state index contributed by atoms with van der Waals surface area (Å²) in [7, 11) is 0. The van der Waals surface area contributed by atoms with Gasteiger partial charge in [-0.15, -0.1) is 6.42 Å². The lowest BCUT2D eigenvalue weighted by molar-refractivity contribution is 0.624. The summed E-state index contributed by atoms with van der Waals surface area (Å²) in [6.45, 7) is 6.17. The fourth-order valence-electron chi connectivity index (χ4n) is 1.50. The molecule has 0 aromatic heterocycles. The molecule has 0 saturated heterocycles. The number of nitrogens with one attached hydrogen (secondary N) is 2. The number of amidine groups is 1. The fraction of sp³-hybridized carbons (Fsp3) is 0.308. The van der Waals surface area contributed by atoms with E-state index in [2.05, 4.69) is 24.7 Å². The lowest BCUT2D eigenvalue weighted by atomic mass is 10.1. The Morgan fingerprint density at radius 2 is 2.53 bits per heavy atom. The fourth-order valence-corrected chi connectivity index (χ4v) is 2.25. The molecule has 0 bridgehead atoms. The zero-order chi connectivity index (χ0) is 12.7. The van der Waals surface area contributed by atoms with Gasteiger partial charge < -0.3 is 10.2 Å². The lowest BCUT2D eigenvalue weighted by Gasteiger charge is -2.21. The Kier molecular flexibility index (Phi) is 5.44. The third-order valence-corrected chi connectivity index (χ3v) is 3.17. The van der Waals surface area contributed by atoms with Crippen LogP contribution in [0, 0.1) is 17.8 Å². The molecule has 90 valence electrons. The van der Waals surface area contributed by atoms with E-state index >= 15 is 0 Å². The highest BCUT2D eigenvalue weighted by Crippen LogP contribution is 2.26. The first kappa shape index (κ1) is 13.5. The van der Waals surface area contributed by atoms with Crippen molar-refractivity contribution in [2.24, 2.45) is 0 Å². The normalized spacial score (nSPS) is 16.0. The van der Waals surface area contributed by atoms with Crippen molar-refractivity contribution in [3.8, 4) is 12.3 Å². The van der Waals surface area contributed by atoms with E-state index in [9.17, 15) is 0 Å². The van der Waals surface area contributed by atoms with Gasteiger partial charge in [0.1, 0.15) is 5.84 Å². The molecule has 3 nitrogen and oxygen atoms in total. The highest BCUT2D eigenvalue weighted by Gasteiger charge is 2.16. The van der Waals surface area contributed by atoms with Crippen LogP contribution in [0.1, 0.15) is 19.8 Å². The first-order valence-electron chi connectivity index (χ1n) is 5.47. The Bertz CT molecular complexity index is 391. The van der Waals surface area contributed by atoms with Gasteiger partial charge in [0.15, 0.2) is 0 Å². The van der Waals surface area contributed by atoms with E-state index in [1.807, 2.05) is 11.6 Å². The molecule has 1 rings (SSSR count). The number of terminal acetylenes is 1. The molecule has 1 aliphatic rings. The molecule has 0 aromatic carbocycles. The minimum absolute atomic E-state index is 0.376. The maximum absolute atomic E-state index is 8.19. The third-order valence-electron chi connectivity index (χ3n) is 2.30. The molecular weight excluding hydrogens is 230 g/mol. The Hall–Kier alpha value is -1.60. The molecule has 0 atom stereocenters. The maximum Gasteiger partial charge on any atom is 0.131 e. The summed E-state index contributed by atoms with van der Waals surface area (Å²) in [6, 6.07) is 0. The predicted octanol–water partition coefficient (Wildman–Crippen LogP) is 2.86. The summed E-state index contributed by atoms with van der Waals surface area (Å²) in [4.78, 5) is 1.68. The van der Waals surface area contributed by atoms with E-state index in [4.69, 9.17) is 11.8 Å². The average molecular weight is 247 g/mol. The standard InChI is InChI=1S/C13H17N3S/c1-4-7-11(13-15-8-10-17-13)12(14)16(6-3)9-5-2/h2,6,8,10,14-15H,3-4,7,9H2,1H3. The molecule has 1 aliphatic heterocycles. The zero-order valence-electron chi connectivity index (χ0n) is 9.99. The molecule has 0 aromatic rings. The smallest absolute Gasteiger partial charge is 0.131 e. The Morgan fingerprint density at radius 3 is 3.00 bits per heavy atom. The second-order valence-corrected chi connectivity index (χ2v) is 4.40. The van der Waals surface area contributed by atoms with Crippen molar-refractivity contribution in [3.63, 3.8) is 0 Å². The summed E-state index contributed by atoms with van der Waals surface area (Å²) in [5, 5.41) is 14.3. The Balaban J connectivity index is 2.91. The van der Waals surface area contributed by atoms with Gasteiger partial charge in [0.05, 0.1) is 11.6 Å². The van der Waals surface area contributed by atoms with E-state index in [0.29, 0.717) is 12.4 Å². The van der Waals surface area contributed by atoms with Gasteiger partial charge in [0.25, 0.3) is 0 Å². The van der Waals surface area contributed by atoms with E-state index in [-0.39, 0.29) is 0 Å². The molecule has 0 saturated carbocycles. The van der Waals surface area contributed by atoms with Crippen LogP contribution in [-0.4, -0.2) is 17.3 Å². The van der Waals surface area contributed by atoms with Crippen LogP contribution in [0.3, 0.4) is 0 Å². The van der Waals surface area contributed by atoms with Gasteiger partial charge in [-0.3, -0.25) is 5.41 Å². The largest absolute Gasteiger partial charge is 0.355 e. The quantitative estimate of drug-likeness (QED) is 0.446. The third kappa shape index (κ3) is 3.43. The topological polar surface area (TPSA) is 39.1 Å². The van der Waals surface area contributed by atoms with Gasteiger partial charge in [-0.2, -0.15) is 0 Å². The number of thioether (sulfide) groups is 1. The molecule has 17 heavy (non-hydrogen) atoms. The predicted molar refractivity (Wildman–Crippen MR) is 75.3 cm³/mol. The first-order chi connectivity index (χ1) is 8.24. The van der Waals surface area contributed by atoms with E-state index in [1.165, 1.54) is 0 Å². The van der Waals surface area contributed by atoms with Crippen LogP contribution in [0.25, 0.3) is 0 Å². The van der Waals surface area contributed by atoms with Crippen molar-refractivity contribution >= 4 is 17.6 Å². The SMILES string of the molecule is C#CCN(C=C)C(=N)C(CCC)=C1NC=CS1. The molecule has 0 unspecified atom stereocenters. The molecule has 0 radical (unpaired) electrons. The van der Waals surface area contributed by atoms with Gasteiger partial charge in [0, 0.05) is 11.8 Å². The monoisotopic (exact) mass is 247 g/mol. The minimum atomic E-state index is 0.376. The first-order valence-corrected chi connectivity index (χ1v) is 6.35. The molecular formula is C13H17N3S. The van der Waals surface area contributed by atoms with Crippen LogP contribution < -0.4 is 5.32 Å². The van der Waals surface area contributed by atoms with Crippen molar-refractivity contribution in [3.05, 3.63) is 35.0 Å². The van der Waals surface area contributed by atoms with E-state index < -0.39 is 0 Å². The van der Waals surface area contributed by atoms with Gasteiger partial charge in [-0.1, -0.05) is 37.6 Å². The second-order valence-electron chi connectivity index (χ2n) is 3.49. The van der Waals surface area contributed by atoms with Gasteiger partial charge in [-0.25, -0.2) is 0 Å². The molecule has 2 N–H and O–H groups in total. The van der Waals surface area contributed by atoms with E-state index in [1.54, 1.807) is 22.9 Å². The van der Waals surface area contributed by atoms with Gasteiger partial charge in [-0.05, 0) is 18.0 Å². The molecule has 4 heteroatoms. The summed E-state index contributed by atoms with van der Waals surface area (Å²) >= 11 is 1.60. The summed E-state index contributed by atoms with van der Waals surface area (Å²) in [5.74, 6) is 2.96. The lowest BCUT2D eigenvalue weighted by Crippen LogP contribution is -2.28. The van der Waals surface area contributed by atoms with Crippen molar-refractivity contribution in [2.45, 2.75) is 19.8 Å². The van der Waals surface area contributed by atoms with Gasteiger partial charge in [0.2, 0.25) is 0 Å². The average Bonchev–Trinajstić information content (AvgIpc) is 2.85. The Morgan fingerprint density at radius 1 is 1.76 bits per heavy atom. The van der Waals surface area contributed by atoms with Crippen LogP contribution >= 0.6 is 11.8 Å². The van der Waals surface area contributed by atoms with Crippen LogP contribution in [0.4, 0.5) is 0 Å². The second kappa shape index (κ2) is 6.87. The summed E-state index contributed by atoms with van der Waals surface area (Å²) < 4.78 is 0. The summed E-state index contributed by atoms with van der Waals surface area (Å²) in [5.41, 5.74) is 0.984. The Labute approximate surface area is 107 Å². The van der Waals surface area contributed by atoms with Crippen molar-refractivity contribution in [1.29, 1.82) is 5.41 Å². The van der Waals surface area contributed by atoms with E-state index in [0.717, 1.165) is 23.4 Å². The minimum Gasteiger partial charge on any atom is -0.355 e. The molecule has 0 fully saturated rings. The van der Waals surface area contributed by atoms with Crippen LogP contribution in [0.5, 0.6) is 0 Å². The highest BCUT2D eigenvalue weighted by atomic mass is 32.2. The maximum atomic E-state index is 8.19. The van der Waals surface area contributed by atoms with Gasteiger partial charge >= 0.3 is 0 Å². The number of hydrogen-bond acceptors (Lipinski definition) is 3. The number of hydrogen-bond donors (Lipinski definition) is 2. The highest BCUT2D eigenvalue weighted by molar-refractivity contribution is 8.06. The van der Waals surface area contributed by atoms with Crippen molar-refractivity contribution in [2.75, 3.05) is 6.54 Å². The van der Waals surface area contributed by atoms with Crippen molar-refractivity contribution < 1.29 is 0 Å². The van der Waals surface area contributed by atoms with Crippen molar-refractivity contribution in [1.82, 2.24) is 10.2 Å². The van der Waals surface area contributed by atoms with Crippen LogP contribution in [0.15, 0.2) is 35.0 Å². The summed E-state index contributed by atoms with van der Waals surface area (Å²) in [6.07, 6.45) is 10.6. The molecule has 1 heterocycles. The zero-order valence-corrected chi connectivity index (χ0v) is 10.8. The molecule has 0 amide bonds. The molecule has 0 aliphatic carbocycles.